The van der Waals surface area contributed by atoms with E-state index in [4.69, 9.17) is 4.74 Å². The second-order valence-electron chi connectivity index (χ2n) is 6.98. The molecular formula is C20H21FN4O6S. The monoisotopic (exact) mass is 464 g/mol. The molecule has 2 aromatic rings. The van der Waals surface area contributed by atoms with Gasteiger partial charge < -0.3 is 10.1 Å². The molecule has 1 aliphatic heterocycles. The van der Waals surface area contributed by atoms with Crippen molar-refractivity contribution in [2.45, 2.75) is 30.6 Å². The van der Waals surface area contributed by atoms with Crippen LogP contribution in [0.25, 0.3) is 0 Å². The summed E-state index contributed by atoms with van der Waals surface area (Å²) in [6.07, 6.45) is 3.39. The molecule has 0 fully saturated rings. The lowest BCUT2D eigenvalue weighted by atomic mass is 10.2. The number of halogens is 1. The fourth-order valence-electron chi connectivity index (χ4n) is 2.96. The molecule has 1 aliphatic rings. The largest absolute Gasteiger partial charge is 0.484 e. The SMILES string of the molecule is O=C(COc1ccc([N+](=O)[O-])c(F)c1)Nc1ccc(S(=O)(=O)NC2=NCCCCC2)cc1. The van der Waals surface area contributed by atoms with Crippen molar-refractivity contribution in [3.05, 3.63) is 58.4 Å². The summed E-state index contributed by atoms with van der Waals surface area (Å²) in [5.74, 6) is -1.25. The van der Waals surface area contributed by atoms with Crippen LogP contribution in [0.3, 0.4) is 0 Å². The summed E-state index contributed by atoms with van der Waals surface area (Å²) in [5.41, 5.74) is -0.364. The van der Waals surface area contributed by atoms with Crippen LogP contribution < -0.4 is 14.8 Å². The third-order valence-corrected chi connectivity index (χ3v) is 5.96. The second kappa shape index (κ2) is 10.2. The number of carbonyl (C=O) groups excluding carboxylic acids is 1. The molecule has 1 heterocycles. The molecule has 0 saturated heterocycles. The number of nitrogens with one attached hydrogen (secondary N) is 2. The average Bonchev–Trinajstić information content (AvgIpc) is 3.00. The molecule has 2 N–H and O–H groups in total. The van der Waals surface area contributed by atoms with Crippen molar-refractivity contribution < 1.29 is 27.3 Å². The maximum Gasteiger partial charge on any atom is 0.305 e. The van der Waals surface area contributed by atoms with Gasteiger partial charge in [-0.05, 0) is 43.2 Å². The van der Waals surface area contributed by atoms with E-state index in [1.54, 1.807) is 0 Å². The molecule has 0 aliphatic carbocycles. The number of nitrogens with zero attached hydrogens (tertiary/aromatic N) is 2. The number of rotatable bonds is 7. The van der Waals surface area contributed by atoms with Crippen LogP contribution in [0.4, 0.5) is 15.8 Å². The van der Waals surface area contributed by atoms with Crippen molar-refractivity contribution in [1.82, 2.24) is 4.72 Å². The van der Waals surface area contributed by atoms with Crippen LogP contribution in [0.2, 0.25) is 0 Å². The van der Waals surface area contributed by atoms with Gasteiger partial charge in [-0.25, -0.2) is 8.42 Å². The van der Waals surface area contributed by atoms with Gasteiger partial charge in [0.1, 0.15) is 11.6 Å². The number of aliphatic imine (C=N–C) groups is 1. The minimum atomic E-state index is -3.78. The Morgan fingerprint density at radius 1 is 1.16 bits per heavy atom. The van der Waals surface area contributed by atoms with Crippen LogP contribution in [0.5, 0.6) is 5.75 Å². The van der Waals surface area contributed by atoms with Crippen molar-refractivity contribution in [2.75, 3.05) is 18.5 Å². The lowest BCUT2D eigenvalue weighted by molar-refractivity contribution is -0.387. The average molecular weight is 464 g/mol. The van der Waals surface area contributed by atoms with Gasteiger partial charge in [0.15, 0.2) is 6.61 Å². The van der Waals surface area contributed by atoms with Gasteiger partial charge in [-0.3, -0.25) is 24.6 Å². The molecule has 0 bridgehead atoms. The Bertz CT molecular complexity index is 1140. The molecule has 2 aromatic carbocycles. The smallest absolute Gasteiger partial charge is 0.305 e. The number of amidine groups is 1. The number of sulfonamides is 1. The van der Waals surface area contributed by atoms with Crippen molar-refractivity contribution in [2.24, 2.45) is 4.99 Å². The molecule has 1 amide bonds. The van der Waals surface area contributed by atoms with Gasteiger partial charge in [-0.2, -0.15) is 4.39 Å². The van der Waals surface area contributed by atoms with Crippen LogP contribution in [0.15, 0.2) is 52.4 Å². The predicted molar refractivity (Wildman–Crippen MR) is 115 cm³/mol. The first-order valence-electron chi connectivity index (χ1n) is 9.77. The summed E-state index contributed by atoms with van der Waals surface area (Å²) in [6, 6.07) is 8.48. The molecule has 0 aromatic heterocycles. The minimum Gasteiger partial charge on any atom is -0.484 e. The van der Waals surface area contributed by atoms with Gasteiger partial charge >= 0.3 is 5.69 Å². The number of nitro groups is 1. The first kappa shape index (κ1) is 23.1. The number of benzene rings is 2. The van der Waals surface area contributed by atoms with E-state index in [9.17, 15) is 27.7 Å². The summed E-state index contributed by atoms with van der Waals surface area (Å²) in [4.78, 5) is 26.1. The first-order valence-corrected chi connectivity index (χ1v) is 11.3. The Morgan fingerprint density at radius 3 is 2.59 bits per heavy atom. The molecule has 0 unspecified atom stereocenters. The molecule has 3 rings (SSSR count). The van der Waals surface area contributed by atoms with Crippen molar-refractivity contribution in [3.63, 3.8) is 0 Å². The molecule has 0 saturated carbocycles. The summed E-state index contributed by atoms with van der Waals surface area (Å²) in [6.45, 7) is 0.121. The number of hydrogen-bond acceptors (Lipinski definition) is 7. The van der Waals surface area contributed by atoms with Gasteiger partial charge in [0, 0.05) is 30.8 Å². The van der Waals surface area contributed by atoms with Crippen molar-refractivity contribution in [3.8, 4) is 5.75 Å². The van der Waals surface area contributed by atoms with Crippen molar-refractivity contribution in [1.29, 1.82) is 0 Å². The molecule has 0 radical (unpaired) electrons. The van der Waals surface area contributed by atoms with Gasteiger partial charge in [-0.15, -0.1) is 0 Å². The fraction of sp³-hybridized carbons (Fsp3) is 0.300. The lowest BCUT2D eigenvalue weighted by Gasteiger charge is -2.11. The Kier molecular flexibility index (Phi) is 7.36. The normalized spacial score (nSPS) is 14.1. The van der Waals surface area contributed by atoms with Crippen LogP contribution in [-0.2, 0) is 14.8 Å². The van der Waals surface area contributed by atoms with E-state index in [0.29, 0.717) is 24.5 Å². The van der Waals surface area contributed by atoms with Crippen LogP contribution in [0.1, 0.15) is 25.7 Å². The zero-order valence-corrected chi connectivity index (χ0v) is 17.7. The van der Waals surface area contributed by atoms with E-state index in [-0.39, 0.29) is 10.6 Å². The number of ether oxygens (including phenoxy) is 1. The highest BCUT2D eigenvalue weighted by Crippen LogP contribution is 2.22. The maximum atomic E-state index is 13.6. The number of amides is 1. The van der Waals surface area contributed by atoms with E-state index in [1.807, 2.05) is 0 Å². The third-order valence-electron chi connectivity index (χ3n) is 4.56. The van der Waals surface area contributed by atoms with E-state index < -0.39 is 39.0 Å². The number of nitro benzene ring substituents is 1. The highest BCUT2D eigenvalue weighted by Gasteiger charge is 2.18. The Balaban J connectivity index is 1.55. The van der Waals surface area contributed by atoms with Gasteiger partial charge in [-0.1, -0.05) is 6.42 Å². The van der Waals surface area contributed by atoms with E-state index >= 15 is 0 Å². The predicted octanol–water partition coefficient (Wildman–Crippen LogP) is 3.00. The van der Waals surface area contributed by atoms with E-state index in [0.717, 1.165) is 31.4 Å². The zero-order valence-electron chi connectivity index (χ0n) is 16.9. The van der Waals surface area contributed by atoms with Crippen molar-refractivity contribution >= 4 is 33.1 Å². The summed E-state index contributed by atoms with van der Waals surface area (Å²) >= 11 is 0. The quantitative estimate of drug-likeness (QED) is 0.477. The highest BCUT2D eigenvalue weighted by atomic mass is 32.2. The molecule has 12 heteroatoms. The second-order valence-corrected chi connectivity index (χ2v) is 8.66. The number of hydrogen-bond donors (Lipinski definition) is 2. The highest BCUT2D eigenvalue weighted by molar-refractivity contribution is 7.90. The summed E-state index contributed by atoms with van der Waals surface area (Å²) < 4.78 is 46.3. The Labute approximate surface area is 183 Å². The van der Waals surface area contributed by atoms with E-state index in [2.05, 4.69) is 15.0 Å². The molecule has 0 atom stereocenters. The van der Waals surface area contributed by atoms with Crippen LogP contribution in [-0.4, -0.2) is 38.2 Å². The fourth-order valence-corrected chi connectivity index (χ4v) is 4.05. The molecule has 10 nitrogen and oxygen atoms in total. The van der Waals surface area contributed by atoms with Gasteiger partial charge in [0.25, 0.3) is 15.9 Å². The standard InChI is InChI=1S/C20H21FN4O6S/c21-17-12-15(7-10-18(17)25(27)28)31-13-20(26)23-14-5-8-16(9-6-14)32(29,30)24-19-4-2-1-3-11-22-19/h5-10,12H,1-4,11,13H2,(H,22,24)(H,23,26). The number of carbonyl (C=O) groups is 1. The number of anilines is 1. The third kappa shape index (κ3) is 6.23. The maximum absolute atomic E-state index is 13.6. The summed E-state index contributed by atoms with van der Waals surface area (Å²) in [7, 11) is -3.78. The Morgan fingerprint density at radius 2 is 1.91 bits per heavy atom. The topological polar surface area (TPSA) is 140 Å². The molecule has 32 heavy (non-hydrogen) atoms. The zero-order chi connectivity index (χ0) is 23.1. The van der Waals surface area contributed by atoms with Gasteiger partial charge in [0.2, 0.25) is 5.82 Å². The minimum absolute atomic E-state index is 0.0278. The van der Waals surface area contributed by atoms with Gasteiger partial charge in [0.05, 0.1) is 9.82 Å². The lowest BCUT2D eigenvalue weighted by Crippen LogP contribution is -2.30. The van der Waals surface area contributed by atoms with E-state index in [1.165, 1.54) is 30.3 Å². The molecular weight excluding hydrogens is 443 g/mol. The summed E-state index contributed by atoms with van der Waals surface area (Å²) in [5, 5.41) is 13.1. The van der Waals surface area contributed by atoms with Crippen LogP contribution in [0, 0.1) is 15.9 Å². The molecule has 170 valence electrons. The Hall–Kier alpha value is -3.54. The molecule has 0 spiro atoms. The van der Waals surface area contributed by atoms with Crippen LogP contribution >= 0.6 is 0 Å². The first-order chi connectivity index (χ1) is 15.2.